The third-order valence-corrected chi connectivity index (χ3v) is 5.71. The largest absolute Gasteiger partial charge is 0.387 e. The average Bonchev–Trinajstić information content (AvgIpc) is 2.83. The molecular formula is C25H28ClFN6O. The lowest BCUT2D eigenvalue weighted by atomic mass is 10.0. The van der Waals surface area contributed by atoms with E-state index in [9.17, 15) is 9.18 Å². The minimum absolute atomic E-state index is 0.0483. The highest BCUT2D eigenvalue weighted by Crippen LogP contribution is 2.27. The molecule has 0 aromatic heterocycles. The Bertz CT molecular complexity index is 1160. The first-order valence-corrected chi connectivity index (χ1v) is 11.2. The van der Waals surface area contributed by atoms with E-state index in [1.54, 1.807) is 13.1 Å². The summed E-state index contributed by atoms with van der Waals surface area (Å²) in [5.74, 6) is 5.64. The fourth-order valence-corrected chi connectivity index (χ4v) is 3.59. The van der Waals surface area contributed by atoms with Gasteiger partial charge in [-0.2, -0.15) is 0 Å². The van der Waals surface area contributed by atoms with Crippen LogP contribution in [-0.4, -0.2) is 68.4 Å². The van der Waals surface area contributed by atoms with E-state index in [1.807, 2.05) is 6.07 Å². The molecule has 34 heavy (non-hydrogen) atoms. The van der Waals surface area contributed by atoms with Gasteiger partial charge in [0.15, 0.2) is 0 Å². The van der Waals surface area contributed by atoms with Crippen molar-refractivity contribution in [3.63, 3.8) is 0 Å². The van der Waals surface area contributed by atoms with E-state index >= 15 is 0 Å². The van der Waals surface area contributed by atoms with Crippen LogP contribution in [0.15, 0.2) is 48.0 Å². The number of amidine groups is 1. The number of carbonyl (C=O) groups is 1. The normalized spacial score (nSPS) is 14.8. The number of likely N-dealkylation sites (N-methyl/N-ethyl adjacent to an activating group) is 1. The lowest BCUT2D eigenvalue weighted by Gasteiger charge is -2.30. The van der Waals surface area contributed by atoms with Crippen LogP contribution >= 0.6 is 11.6 Å². The van der Waals surface area contributed by atoms with Gasteiger partial charge in [0.1, 0.15) is 11.7 Å². The van der Waals surface area contributed by atoms with E-state index in [0.29, 0.717) is 34.7 Å². The number of nitrogens with one attached hydrogen (secondary N) is 2. The van der Waals surface area contributed by atoms with Crippen molar-refractivity contribution in [1.82, 2.24) is 9.80 Å². The number of hydrogen-bond donors (Lipinski definition) is 3. The number of benzene rings is 2. The van der Waals surface area contributed by atoms with Crippen LogP contribution in [0.5, 0.6) is 0 Å². The molecule has 2 aromatic rings. The number of rotatable bonds is 6. The van der Waals surface area contributed by atoms with Crippen molar-refractivity contribution in [1.29, 1.82) is 0 Å². The summed E-state index contributed by atoms with van der Waals surface area (Å²) in [5.41, 5.74) is 9.02. The number of aliphatic imine (C=N–C) groups is 1. The number of nitrogens with zero attached hydrogens (tertiary/aromatic N) is 3. The van der Waals surface area contributed by atoms with Crippen LogP contribution in [0, 0.1) is 17.7 Å². The van der Waals surface area contributed by atoms with Gasteiger partial charge in [0, 0.05) is 44.5 Å². The number of anilines is 2. The maximum atomic E-state index is 13.5. The van der Waals surface area contributed by atoms with Crippen LogP contribution in [-0.2, 0) is 4.79 Å². The van der Waals surface area contributed by atoms with Crippen LogP contribution in [0.4, 0.5) is 21.5 Å². The Labute approximate surface area is 204 Å². The molecule has 1 amide bonds. The molecule has 1 heterocycles. The molecule has 0 aliphatic carbocycles. The molecule has 9 heteroatoms. The topological polar surface area (TPSA) is 86.0 Å². The molecule has 0 radical (unpaired) electrons. The molecule has 0 bridgehead atoms. The van der Waals surface area contributed by atoms with Gasteiger partial charge in [-0.1, -0.05) is 30.0 Å². The molecular weight excluding hydrogens is 455 g/mol. The van der Waals surface area contributed by atoms with Crippen molar-refractivity contribution >= 4 is 40.4 Å². The van der Waals surface area contributed by atoms with Gasteiger partial charge in [0.2, 0.25) is 5.91 Å². The first-order chi connectivity index (χ1) is 16.3. The Kier molecular flexibility index (Phi) is 8.66. The third kappa shape index (κ3) is 6.58. The Balaban J connectivity index is 1.95. The minimum Gasteiger partial charge on any atom is -0.387 e. The molecule has 1 saturated heterocycles. The first-order valence-electron chi connectivity index (χ1n) is 10.8. The van der Waals surface area contributed by atoms with Crippen molar-refractivity contribution in [2.24, 2.45) is 10.7 Å². The summed E-state index contributed by atoms with van der Waals surface area (Å²) in [6.45, 7) is 8.10. The van der Waals surface area contributed by atoms with Crippen molar-refractivity contribution in [3.05, 3.63) is 65.0 Å². The third-order valence-electron chi connectivity index (χ3n) is 5.42. The number of piperazine rings is 1. The number of amides is 1. The Morgan fingerprint density at radius 3 is 2.65 bits per heavy atom. The zero-order chi connectivity index (χ0) is 24.7. The number of halogens is 2. The minimum atomic E-state index is -0.538. The van der Waals surface area contributed by atoms with E-state index in [4.69, 9.17) is 17.3 Å². The Hall–Kier alpha value is -3.38. The summed E-state index contributed by atoms with van der Waals surface area (Å²) in [4.78, 5) is 21.0. The van der Waals surface area contributed by atoms with Crippen LogP contribution in [0.3, 0.4) is 0 Å². The number of carbonyl (C=O) groups excluding carboxylic acids is 1. The SMILES string of the molecule is C=CC(=O)Nc1cc(C(N)=Nc2ccc(F)c(Cl)c2)c(NC)cc1C#CCN1CCN(C)CC1. The summed E-state index contributed by atoms with van der Waals surface area (Å²) in [5, 5.41) is 5.84. The van der Waals surface area contributed by atoms with Crippen LogP contribution in [0.25, 0.3) is 0 Å². The van der Waals surface area contributed by atoms with Gasteiger partial charge in [0.05, 0.1) is 28.5 Å². The second-order valence-corrected chi connectivity index (χ2v) is 8.27. The second kappa shape index (κ2) is 11.7. The van der Waals surface area contributed by atoms with Gasteiger partial charge in [-0.15, -0.1) is 0 Å². The van der Waals surface area contributed by atoms with E-state index in [1.165, 1.54) is 24.3 Å². The first kappa shape index (κ1) is 25.2. The Morgan fingerprint density at radius 2 is 2.00 bits per heavy atom. The van der Waals surface area contributed by atoms with Gasteiger partial charge < -0.3 is 21.3 Å². The van der Waals surface area contributed by atoms with Gasteiger partial charge in [-0.05, 0) is 43.5 Å². The molecule has 7 nitrogen and oxygen atoms in total. The molecule has 2 aromatic carbocycles. The fraction of sp³-hybridized carbons (Fsp3) is 0.280. The van der Waals surface area contributed by atoms with Gasteiger partial charge in [-0.3, -0.25) is 9.69 Å². The number of nitrogens with two attached hydrogens (primary N) is 1. The maximum absolute atomic E-state index is 13.5. The average molecular weight is 483 g/mol. The fourth-order valence-electron chi connectivity index (χ4n) is 3.42. The molecule has 1 fully saturated rings. The smallest absolute Gasteiger partial charge is 0.247 e. The molecule has 3 rings (SSSR count). The van der Waals surface area contributed by atoms with Gasteiger partial charge >= 0.3 is 0 Å². The van der Waals surface area contributed by atoms with Gasteiger partial charge in [-0.25, -0.2) is 9.38 Å². The van der Waals surface area contributed by atoms with E-state index in [0.717, 1.165) is 26.2 Å². The molecule has 0 spiro atoms. The molecule has 0 unspecified atom stereocenters. The quantitative estimate of drug-likeness (QED) is 0.254. The molecule has 1 aliphatic heterocycles. The molecule has 178 valence electrons. The van der Waals surface area contributed by atoms with Crippen molar-refractivity contribution in [3.8, 4) is 11.8 Å². The highest BCUT2D eigenvalue weighted by atomic mass is 35.5. The molecule has 0 atom stereocenters. The predicted octanol–water partition coefficient (Wildman–Crippen LogP) is 3.28. The molecule has 1 aliphatic rings. The molecule has 4 N–H and O–H groups in total. The summed E-state index contributed by atoms with van der Waals surface area (Å²) < 4.78 is 13.5. The second-order valence-electron chi connectivity index (χ2n) is 7.86. The van der Waals surface area contributed by atoms with Crippen molar-refractivity contribution in [2.75, 3.05) is 57.5 Å². The van der Waals surface area contributed by atoms with Crippen LogP contribution < -0.4 is 16.4 Å². The van der Waals surface area contributed by atoms with E-state index < -0.39 is 5.82 Å². The van der Waals surface area contributed by atoms with E-state index in [-0.39, 0.29) is 16.8 Å². The van der Waals surface area contributed by atoms with Crippen molar-refractivity contribution in [2.45, 2.75) is 0 Å². The predicted molar refractivity (Wildman–Crippen MR) is 137 cm³/mol. The molecule has 0 saturated carbocycles. The summed E-state index contributed by atoms with van der Waals surface area (Å²) in [7, 11) is 3.86. The Morgan fingerprint density at radius 1 is 1.26 bits per heavy atom. The van der Waals surface area contributed by atoms with Crippen molar-refractivity contribution < 1.29 is 9.18 Å². The zero-order valence-electron chi connectivity index (χ0n) is 19.3. The number of hydrogen-bond acceptors (Lipinski definition) is 5. The van der Waals surface area contributed by atoms with Gasteiger partial charge in [0.25, 0.3) is 0 Å². The summed E-state index contributed by atoms with van der Waals surface area (Å²) >= 11 is 5.86. The lowest BCUT2D eigenvalue weighted by molar-refractivity contribution is -0.111. The standard InChI is InChI=1S/C25H28ClFN6O/c1-4-24(34)31-22-16-19(25(28)30-18-7-8-21(27)20(26)15-18)23(29-2)14-17(22)6-5-9-33-12-10-32(3)11-13-33/h4,7-8,14-16,29H,1,9-13H2,2-3H3,(H2,28,30)(H,31,34). The lowest BCUT2D eigenvalue weighted by Crippen LogP contribution is -2.44. The zero-order valence-corrected chi connectivity index (χ0v) is 20.0. The highest BCUT2D eigenvalue weighted by Gasteiger charge is 2.14. The van der Waals surface area contributed by atoms with E-state index in [2.05, 4.69) is 50.9 Å². The van der Waals surface area contributed by atoms with Crippen LogP contribution in [0.2, 0.25) is 5.02 Å². The maximum Gasteiger partial charge on any atom is 0.247 e. The summed E-state index contributed by atoms with van der Waals surface area (Å²) in [6.07, 6.45) is 1.19. The summed E-state index contributed by atoms with van der Waals surface area (Å²) in [6, 6.07) is 7.61. The monoisotopic (exact) mass is 482 g/mol. The highest BCUT2D eigenvalue weighted by molar-refractivity contribution is 6.31. The van der Waals surface area contributed by atoms with Crippen LogP contribution in [0.1, 0.15) is 11.1 Å².